The average Bonchev–Trinajstić information content (AvgIpc) is 2.98. The number of carbonyl (C=O) groups is 2. The van der Waals surface area contributed by atoms with E-state index in [1.807, 2.05) is 0 Å². The first-order valence-electron chi connectivity index (χ1n) is 8.51. The molecule has 1 aromatic heterocycles. The summed E-state index contributed by atoms with van der Waals surface area (Å²) in [5.74, 6) is -0.826. The van der Waals surface area contributed by atoms with E-state index in [9.17, 15) is 18.0 Å². The van der Waals surface area contributed by atoms with Gasteiger partial charge in [-0.2, -0.15) is 4.31 Å². The molecule has 140 valence electrons. The van der Waals surface area contributed by atoms with Gasteiger partial charge in [0.1, 0.15) is 10.6 Å². The van der Waals surface area contributed by atoms with E-state index >= 15 is 0 Å². The summed E-state index contributed by atoms with van der Waals surface area (Å²) in [6.45, 7) is 3.29. The van der Waals surface area contributed by atoms with E-state index in [1.54, 1.807) is 7.05 Å². The van der Waals surface area contributed by atoms with E-state index < -0.39 is 15.9 Å². The van der Waals surface area contributed by atoms with E-state index in [4.69, 9.17) is 5.73 Å². The largest absolute Gasteiger partial charge is 0.364 e. The molecule has 0 spiro atoms. The standard InChI is InChI=1S/C16H26N4O4S/c1-3-4-7-18-16(22)12-5-8-20(9-6-12)25(23,24)13-10-14(15(17)21)19(2)11-13/h10-12H,3-9H2,1-2H3,(H2,17,21)(H,18,22). The van der Waals surface area contributed by atoms with Crippen molar-refractivity contribution in [3.63, 3.8) is 0 Å². The van der Waals surface area contributed by atoms with Gasteiger partial charge in [0.2, 0.25) is 15.9 Å². The van der Waals surface area contributed by atoms with E-state index in [0.717, 1.165) is 12.8 Å². The van der Waals surface area contributed by atoms with Crippen LogP contribution in [-0.4, -0.2) is 48.7 Å². The quantitative estimate of drug-likeness (QED) is 0.678. The highest BCUT2D eigenvalue weighted by Gasteiger charge is 2.33. The van der Waals surface area contributed by atoms with Gasteiger partial charge in [-0.15, -0.1) is 0 Å². The fourth-order valence-electron chi connectivity index (χ4n) is 2.96. The number of amides is 2. The molecule has 2 rings (SSSR count). The molecule has 3 N–H and O–H groups in total. The summed E-state index contributed by atoms with van der Waals surface area (Å²) in [5, 5.41) is 2.90. The Morgan fingerprint density at radius 3 is 2.48 bits per heavy atom. The molecule has 9 heteroatoms. The van der Waals surface area contributed by atoms with Gasteiger partial charge in [-0.1, -0.05) is 13.3 Å². The lowest BCUT2D eigenvalue weighted by atomic mass is 9.97. The third-order valence-corrected chi connectivity index (χ3v) is 6.39. The first-order valence-corrected chi connectivity index (χ1v) is 9.95. The van der Waals surface area contributed by atoms with Crippen LogP contribution in [0.25, 0.3) is 0 Å². The minimum absolute atomic E-state index is 0.00113. The molecule has 1 aliphatic heterocycles. The Kier molecular flexibility index (Phi) is 6.23. The predicted molar refractivity (Wildman–Crippen MR) is 93.3 cm³/mol. The second-order valence-electron chi connectivity index (χ2n) is 6.36. The highest BCUT2D eigenvalue weighted by atomic mass is 32.2. The number of hydrogen-bond acceptors (Lipinski definition) is 4. The topological polar surface area (TPSA) is 114 Å². The normalized spacial score (nSPS) is 16.7. The summed E-state index contributed by atoms with van der Waals surface area (Å²) < 4.78 is 28.2. The van der Waals surface area contributed by atoms with E-state index in [1.165, 1.54) is 21.1 Å². The van der Waals surface area contributed by atoms with Gasteiger partial charge in [-0.3, -0.25) is 9.59 Å². The van der Waals surface area contributed by atoms with Crippen molar-refractivity contribution >= 4 is 21.8 Å². The fraction of sp³-hybridized carbons (Fsp3) is 0.625. The monoisotopic (exact) mass is 370 g/mol. The molecule has 8 nitrogen and oxygen atoms in total. The summed E-state index contributed by atoms with van der Waals surface area (Å²) in [7, 11) is -2.12. The Morgan fingerprint density at radius 1 is 1.32 bits per heavy atom. The van der Waals surface area contributed by atoms with Crippen LogP contribution in [0.2, 0.25) is 0 Å². The van der Waals surface area contributed by atoms with Gasteiger partial charge in [-0.25, -0.2) is 8.42 Å². The van der Waals surface area contributed by atoms with Gasteiger partial charge in [0, 0.05) is 38.8 Å². The molecule has 0 aromatic carbocycles. The second-order valence-corrected chi connectivity index (χ2v) is 8.30. The van der Waals surface area contributed by atoms with Crippen LogP contribution in [0, 0.1) is 5.92 Å². The number of sulfonamides is 1. The Balaban J connectivity index is 2.00. The van der Waals surface area contributed by atoms with Gasteiger partial charge < -0.3 is 15.6 Å². The first kappa shape index (κ1) is 19.5. The molecule has 1 aromatic rings. The molecule has 0 unspecified atom stereocenters. The highest BCUT2D eigenvalue weighted by molar-refractivity contribution is 7.89. The highest BCUT2D eigenvalue weighted by Crippen LogP contribution is 2.25. The smallest absolute Gasteiger partial charge is 0.265 e. The molecule has 0 saturated carbocycles. The Labute approximate surface area is 148 Å². The van der Waals surface area contributed by atoms with E-state index in [0.29, 0.717) is 19.4 Å². The van der Waals surface area contributed by atoms with Crippen LogP contribution in [0.1, 0.15) is 43.1 Å². The predicted octanol–water partition coefficient (Wildman–Crippen LogP) is 0.441. The molecule has 0 radical (unpaired) electrons. The Hall–Kier alpha value is -1.87. The van der Waals surface area contributed by atoms with Crippen molar-refractivity contribution in [2.75, 3.05) is 19.6 Å². The van der Waals surface area contributed by atoms with Crippen molar-refractivity contribution < 1.29 is 18.0 Å². The van der Waals surface area contributed by atoms with Crippen LogP contribution in [0.5, 0.6) is 0 Å². The van der Waals surface area contributed by atoms with Crippen molar-refractivity contribution in [1.82, 2.24) is 14.2 Å². The molecule has 0 bridgehead atoms. The number of primary amides is 1. The van der Waals surface area contributed by atoms with Crippen molar-refractivity contribution in [2.24, 2.45) is 18.7 Å². The summed E-state index contributed by atoms with van der Waals surface area (Å²) >= 11 is 0. The number of piperidine rings is 1. The van der Waals surface area contributed by atoms with Gasteiger partial charge >= 0.3 is 0 Å². The third kappa shape index (κ3) is 4.40. The van der Waals surface area contributed by atoms with Gasteiger partial charge in [0.05, 0.1) is 0 Å². The zero-order valence-electron chi connectivity index (χ0n) is 14.7. The van der Waals surface area contributed by atoms with Gasteiger partial charge in [0.15, 0.2) is 0 Å². The third-order valence-electron chi connectivity index (χ3n) is 4.52. The fourth-order valence-corrected chi connectivity index (χ4v) is 4.50. The number of aromatic nitrogens is 1. The number of aryl methyl sites for hydroxylation is 1. The van der Waals surface area contributed by atoms with Crippen molar-refractivity contribution in [2.45, 2.75) is 37.5 Å². The molecule has 1 aliphatic rings. The number of rotatable bonds is 7. The summed E-state index contributed by atoms with van der Waals surface area (Å²) in [6, 6.07) is 1.29. The van der Waals surface area contributed by atoms with Crippen LogP contribution in [0.15, 0.2) is 17.2 Å². The molecule has 0 atom stereocenters. The zero-order valence-corrected chi connectivity index (χ0v) is 15.5. The number of unbranched alkanes of at least 4 members (excludes halogenated alkanes) is 1. The van der Waals surface area contributed by atoms with Gasteiger partial charge in [0.25, 0.3) is 5.91 Å². The molecule has 2 amide bonds. The maximum Gasteiger partial charge on any atom is 0.265 e. The Bertz CT molecular complexity index is 733. The zero-order chi connectivity index (χ0) is 18.6. The lowest BCUT2D eigenvalue weighted by molar-refractivity contribution is -0.126. The molecule has 25 heavy (non-hydrogen) atoms. The van der Waals surface area contributed by atoms with Crippen LogP contribution in [0.4, 0.5) is 0 Å². The number of nitrogens with one attached hydrogen (secondary N) is 1. The van der Waals surface area contributed by atoms with Crippen molar-refractivity contribution in [3.05, 3.63) is 18.0 Å². The first-order chi connectivity index (χ1) is 11.8. The number of hydrogen-bond donors (Lipinski definition) is 2. The number of nitrogens with zero attached hydrogens (tertiary/aromatic N) is 2. The number of carbonyl (C=O) groups excluding carboxylic acids is 2. The minimum atomic E-state index is -3.69. The maximum absolute atomic E-state index is 12.7. The molecule has 2 heterocycles. The lowest BCUT2D eigenvalue weighted by Gasteiger charge is -2.30. The van der Waals surface area contributed by atoms with Crippen LogP contribution in [-0.2, 0) is 21.9 Å². The Morgan fingerprint density at radius 2 is 1.96 bits per heavy atom. The van der Waals surface area contributed by atoms with Crippen LogP contribution in [0.3, 0.4) is 0 Å². The maximum atomic E-state index is 12.7. The van der Waals surface area contributed by atoms with Crippen LogP contribution >= 0.6 is 0 Å². The molecule has 0 aliphatic carbocycles. The van der Waals surface area contributed by atoms with E-state index in [2.05, 4.69) is 12.2 Å². The second kappa shape index (κ2) is 8.01. The molecule has 1 saturated heterocycles. The SMILES string of the molecule is CCCCNC(=O)C1CCN(S(=O)(=O)c2cc(C(N)=O)n(C)c2)CC1. The van der Waals surface area contributed by atoms with Gasteiger partial charge in [-0.05, 0) is 25.3 Å². The molecule has 1 fully saturated rings. The number of nitrogens with two attached hydrogens (primary N) is 1. The van der Waals surface area contributed by atoms with Crippen molar-refractivity contribution in [1.29, 1.82) is 0 Å². The molecular formula is C16H26N4O4S. The summed E-state index contributed by atoms with van der Waals surface area (Å²) in [4.78, 5) is 23.5. The minimum Gasteiger partial charge on any atom is -0.364 e. The lowest BCUT2D eigenvalue weighted by Crippen LogP contribution is -2.43. The average molecular weight is 370 g/mol. The van der Waals surface area contributed by atoms with Crippen molar-refractivity contribution in [3.8, 4) is 0 Å². The molecular weight excluding hydrogens is 344 g/mol. The van der Waals surface area contributed by atoms with E-state index in [-0.39, 0.29) is 35.5 Å². The van der Waals surface area contributed by atoms with Crippen LogP contribution < -0.4 is 11.1 Å². The summed E-state index contributed by atoms with van der Waals surface area (Å²) in [5.41, 5.74) is 5.38. The summed E-state index contributed by atoms with van der Waals surface area (Å²) in [6.07, 6.45) is 4.33.